The van der Waals surface area contributed by atoms with Crippen LogP contribution in [0.4, 0.5) is 0 Å². The third-order valence-electron chi connectivity index (χ3n) is 7.06. The van der Waals surface area contributed by atoms with Crippen LogP contribution in [0.15, 0.2) is 36.7 Å². The first-order valence-corrected chi connectivity index (χ1v) is 11.2. The standard InChI is InChI=1S/C25H34N2O2/c1-20-22(28-2)17-21(18-27-20)9-3-5-11-24(23-10-4-8-15-26-23)14-16-29-25(19-24)12-6-7-13-25/h4,8,10,15,17-18H,3,5-7,9,11-14,16,19H2,1-2H3. The fraction of sp³-hybridized carbons (Fsp3) is 0.600. The minimum absolute atomic E-state index is 0.101. The molecule has 2 aromatic rings. The van der Waals surface area contributed by atoms with Crippen molar-refractivity contribution in [2.45, 2.75) is 82.1 Å². The Balaban J connectivity index is 1.44. The number of hydrogen-bond acceptors (Lipinski definition) is 4. The molecule has 0 amide bonds. The number of hydrogen-bond donors (Lipinski definition) is 0. The molecule has 0 N–H and O–H groups in total. The summed E-state index contributed by atoms with van der Waals surface area (Å²) < 4.78 is 11.8. The second-order valence-electron chi connectivity index (χ2n) is 9.00. The van der Waals surface area contributed by atoms with Crippen molar-refractivity contribution in [1.29, 1.82) is 0 Å². The first kappa shape index (κ1) is 20.3. The van der Waals surface area contributed by atoms with Gasteiger partial charge in [-0.1, -0.05) is 25.3 Å². The molecular formula is C25H34N2O2. The van der Waals surface area contributed by atoms with Crippen molar-refractivity contribution in [1.82, 2.24) is 9.97 Å². The van der Waals surface area contributed by atoms with Crippen LogP contribution in [0.2, 0.25) is 0 Å². The van der Waals surface area contributed by atoms with Crippen molar-refractivity contribution < 1.29 is 9.47 Å². The van der Waals surface area contributed by atoms with Gasteiger partial charge in [0.15, 0.2) is 0 Å². The lowest BCUT2D eigenvalue weighted by Crippen LogP contribution is -2.46. The maximum atomic E-state index is 6.37. The van der Waals surface area contributed by atoms with Gasteiger partial charge in [0.05, 0.1) is 18.4 Å². The van der Waals surface area contributed by atoms with Crippen LogP contribution in [0, 0.1) is 6.92 Å². The third-order valence-corrected chi connectivity index (χ3v) is 7.06. The molecule has 2 fully saturated rings. The molecule has 1 unspecified atom stereocenters. The third kappa shape index (κ3) is 4.48. The molecular weight excluding hydrogens is 360 g/mol. The minimum Gasteiger partial charge on any atom is -0.495 e. The molecule has 2 aromatic heterocycles. The fourth-order valence-corrected chi connectivity index (χ4v) is 5.49. The van der Waals surface area contributed by atoms with Gasteiger partial charge in [0.1, 0.15) is 5.75 Å². The topological polar surface area (TPSA) is 44.2 Å². The van der Waals surface area contributed by atoms with Crippen molar-refractivity contribution in [3.05, 3.63) is 53.6 Å². The maximum absolute atomic E-state index is 6.37. The van der Waals surface area contributed by atoms with E-state index in [1.54, 1.807) is 7.11 Å². The SMILES string of the molecule is COc1cc(CCCCC2(c3ccccn3)CCOC3(CCCC3)C2)cnc1C. The molecule has 156 valence electrons. The van der Waals surface area contributed by atoms with Gasteiger partial charge in [-0.25, -0.2) is 0 Å². The van der Waals surface area contributed by atoms with Crippen LogP contribution in [0.3, 0.4) is 0 Å². The van der Waals surface area contributed by atoms with Gasteiger partial charge < -0.3 is 9.47 Å². The average Bonchev–Trinajstić information content (AvgIpc) is 3.20. The number of nitrogens with zero attached hydrogens (tertiary/aromatic N) is 2. The van der Waals surface area contributed by atoms with Gasteiger partial charge in [-0.3, -0.25) is 9.97 Å². The summed E-state index contributed by atoms with van der Waals surface area (Å²) in [5, 5.41) is 0. The van der Waals surface area contributed by atoms with Gasteiger partial charge in [-0.2, -0.15) is 0 Å². The van der Waals surface area contributed by atoms with Crippen molar-refractivity contribution in [2.75, 3.05) is 13.7 Å². The average molecular weight is 395 g/mol. The molecule has 1 saturated carbocycles. The number of aromatic nitrogens is 2. The molecule has 3 heterocycles. The van der Waals surface area contributed by atoms with Crippen LogP contribution in [0.5, 0.6) is 5.75 Å². The lowest BCUT2D eigenvalue weighted by atomic mass is 9.67. The monoisotopic (exact) mass is 394 g/mol. The molecule has 4 nitrogen and oxygen atoms in total. The van der Waals surface area contributed by atoms with Crippen LogP contribution < -0.4 is 4.74 Å². The summed E-state index contributed by atoms with van der Waals surface area (Å²) in [6.07, 6.45) is 15.8. The Hall–Kier alpha value is -1.94. The van der Waals surface area contributed by atoms with Crippen LogP contribution >= 0.6 is 0 Å². The van der Waals surface area contributed by atoms with Gasteiger partial charge in [0.25, 0.3) is 0 Å². The first-order chi connectivity index (χ1) is 14.1. The number of pyridine rings is 2. The predicted octanol–water partition coefficient (Wildman–Crippen LogP) is 5.57. The molecule has 0 bridgehead atoms. The van der Waals surface area contributed by atoms with E-state index < -0.39 is 0 Å². The van der Waals surface area contributed by atoms with Crippen molar-refractivity contribution in [3.8, 4) is 5.75 Å². The Kier molecular flexibility index (Phi) is 6.19. The molecule has 4 rings (SSSR count). The Morgan fingerprint density at radius 3 is 2.72 bits per heavy atom. The highest BCUT2D eigenvalue weighted by Crippen LogP contribution is 2.50. The quantitative estimate of drug-likeness (QED) is 0.576. The van der Waals surface area contributed by atoms with E-state index in [-0.39, 0.29) is 11.0 Å². The second kappa shape index (κ2) is 8.83. The molecule has 0 radical (unpaired) electrons. The van der Waals surface area contributed by atoms with E-state index >= 15 is 0 Å². The summed E-state index contributed by atoms with van der Waals surface area (Å²) in [6.45, 7) is 2.86. The largest absolute Gasteiger partial charge is 0.495 e. The highest BCUT2D eigenvalue weighted by atomic mass is 16.5. The first-order valence-electron chi connectivity index (χ1n) is 11.2. The zero-order chi connectivity index (χ0) is 20.2. The lowest BCUT2D eigenvalue weighted by molar-refractivity contribution is -0.104. The van der Waals surface area contributed by atoms with Crippen LogP contribution in [0.1, 0.15) is 74.7 Å². The number of ether oxygens (including phenoxy) is 2. The number of unbranched alkanes of at least 4 members (excludes halogenated alkanes) is 1. The number of rotatable bonds is 7. The van der Waals surface area contributed by atoms with Crippen molar-refractivity contribution in [3.63, 3.8) is 0 Å². The second-order valence-corrected chi connectivity index (χ2v) is 9.00. The van der Waals surface area contributed by atoms with Crippen LogP contribution in [0.25, 0.3) is 0 Å². The Morgan fingerprint density at radius 1 is 1.10 bits per heavy atom. The van der Waals surface area contributed by atoms with Crippen molar-refractivity contribution in [2.24, 2.45) is 0 Å². The van der Waals surface area contributed by atoms with E-state index in [0.717, 1.165) is 43.7 Å². The number of methoxy groups -OCH3 is 1. The maximum Gasteiger partial charge on any atom is 0.140 e. The summed E-state index contributed by atoms with van der Waals surface area (Å²) in [6, 6.07) is 8.55. The predicted molar refractivity (Wildman–Crippen MR) is 115 cm³/mol. The Bertz CT molecular complexity index is 802. The van der Waals surface area contributed by atoms with Gasteiger partial charge in [0.2, 0.25) is 0 Å². The van der Waals surface area contributed by atoms with E-state index in [0.29, 0.717) is 0 Å². The van der Waals surface area contributed by atoms with Crippen molar-refractivity contribution >= 4 is 0 Å². The van der Waals surface area contributed by atoms with Gasteiger partial charge in [0, 0.05) is 30.1 Å². The zero-order valence-corrected chi connectivity index (χ0v) is 18.0. The van der Waals surface area contributed by atoms with Crippen LogP contribution in [-0.2, 0) is 16.6 Å². The summed E-state index contributed by atoms with van der Waals surface area (Å²) in [5.74, 6) is 0.889. The molecule has 0 aromatic carbocycles. The highest BCUT2D eigenvalue weighted by Gasteiger charge is 2.48. The molecule has 1 atom stereocenters. The molecule has 1 aliphatic heterocycles. The van der Waals surface area contributed by atoms with E-state index in [1.165, 1.54) is 49.8 Å². The Morgan fingerprint density at radius 2 is 1.97 bits per heavy atom. The summed E-state index contributed by atoms with van der Waals surface area (Å²) in [7, 11) is 1.72. The van der Waals surface area contributed by atoms with E-state index in [1.807, 2.05) is 25.4 Å². The molecule has 2 aliphatic rings. The lowest BCUT2D eigenvalue weighted by Gasteiger charge is -2.46. The smallest absolute Gasteiger partial charge is 0.140 e. The Labute approximate surface area is 175 Å². The normalized spacial score (nSPS) is 23.4. The van der Waals surface area contributed by atoms with E-state index in [4.69, 9.17) is 14.5 Å². The molecule has 29 heavy (non-hydrogen) atoms. The minimum atomic E-state index is 0.101. The summed E-state index contributed by atoms with van der Waals surface area (Å²) >= 11 is 0. The summed E-state index contributed by atoms with van der Waals surface area (Å²) in [5.41, 5.74) is 3.75. The number of aryl methyl sites for hydroxylation is 2. The van der Waals surface area contributed by atoms with E-state index in [2.05, 4.69) is 23.2 Å². The molecule has 1 aliphatic carbocycles. The van der Waals surface area contributed by atoms with Gasteiger partial charge in [-0.05, 0) is 75.6 Å². The molecule has 1 saturated heterocycles. The van der Waals surface area contributed by atoms with Crippen LogP contribution in [-0.4, -0.2) is 29.3 Å². The molecule has 4 heteroatoms. The zero-order valence-electron chi connectivity index (χ0n) is 18.0. The van der Waals surface area contributed by atoms with E-state index in [9.17, 15) is 0 Å². The highest BCUT2D eigenvalue weighted by molar-refractivity contribution is 5.30. The molecule has 1 spiro atoms. The fourth-order valence-electron chi connectivity index (χ4n) is 5.49. The van der Waals surface area contributed by atoms with Gasteiger partial charge in [-0.15, -0.1) is 0 Å². The summed E-state index contributed by atoms with van der Waals surface area (Å²) in [4.78, 5) is 9.29. The van der Waals surface area contributed by atoms with Gasteiger partial charge >= 0.3 is 0 Å².